The topological polar surface area (TPSA) is 93.8 Å². The number of rotatable bonds is 4. The average molecular weight is 349 g/mol. The summed E-state index contributed by atoms with van der Waals surface area (Å²) in [4.78, 5) is 12.1. The van der Waals surface area contributed by atoms with Crippen molar-refractivity contribution in [2.24, 2.45) is 0 Å². The Morgan fingerprint density at radius 3 is 2.87 bits per heavy atom. The zero-order chi connectivity index (χ0) is 16.4. The van der Waals surface area contributed by atoms with Gasteiger partial charge in [0.15, 0.2) is 0 Å². The summed E-state index contributed by atoms with van der Waals surface area (Å²) in [5.74, 6) is 0.574. The van der Waals surface area contributed by atoms with Crippen LogP contribution >= 0.6 is 23.5 Å². The Morgan fingerprint density at radius 1 is 1.30 bits per heavy atom. The highest BCUT2D eigenvalue weighted by atomic mass is 32.2. The first kappa shape index (κ1) is 15.9. The number of hydrogen-bond donors (Lipinski definition) is 1. The lowest BCUT2D eigenvalue weighted by Gasteiger charge is -2.10. The zero-order valence-electron chi connectivity index (χ0n) is 12.9. The van der Waals surface area contributed by atoms with Gasteiger partial charge in [0.2, 0.25) is 11.8 Å². The van der Waals surface area contributed by atoms with Gasteiger partial charge in [-0.25, -0.2) is 0 Å². The number of anilines is 1. The number of nitrogens with zero attached hydrogens (tertiary/aromatic N) is 4. The van der Waals surface area contributed by atoms with E-state index in [1.54, 1.807) is 6.07 Å². The maximum atomic E-state index is 12.1. The van der Waals surface area contributed by atoms with E-state index in [0.29, 0.717) is 22.3 Å². The van der Waals surface area contributed by atoms with Gasteiger partial charge in [0.05, 0.1) is 23.2 Å². The Labute approximate surface area is 141 Å². The second kappa shape index (κ2) is 6.25. The first-order valence-electron chi connectivity index (χ1n) is 6.91. The molecule has 0 unspecified atom stereocenters. The van der Waals surface area contributed by atoms with Crippen molar-refractivity contribution in [1.29, 1.82) is 0 Å². The van der Waals surface area contributed by atoms with E-state index in [4.69, 9.17) is 4.42 Å². The summed E-state index contributed by atoms with van der Waals surface area (Å²) < 4.78 is 13.9. The second-order valence-corrected chi connectivity index (χ2v) is 7.35. The van der Waals surface area contributed by atoms with Crippen molar-refractivity contribution in [3.8, 4) is 0 Å². The van der Waals surface area contributed by atoms with Crippen LogP contribution in [0.5, 0.6) is 0 Å². The van der Waals surface area contributed by atoms with E-state index in [1.165, 1.54) is 11.8 Å². The van der Waals surface area contributed by atoms with Crippen molar-refractivity contribution in [2.45, 2.75) is 31.4 Å². The zero-order valence-corrected chi connectivity index (χ0v) is 14.5. The molecule has 0 fully saturated rings. The molecule has 0 saturated heterocycles. The fourth-order valence-electron chi connectivity index (χ4n) is 1.79. The van der Waals surface area contributed by atoms with Crippen molar-refractivity contribution in [3.05, 3.63) is 24.1 Å². The molecule has 0 aliphatic heterocycles. The molecule has 7 nitrogen and oxygen atoms in total. The Morgan fingerprint density at radius 2 is 2.13 bits per heavy atom. The quantitative estimate of drug-likeness (QED) is 0.723. The third kappa shape index (κ3) is 3.67. The standard InChI is InChI=1S/C14H15N5O2S2/c1-14(2,3)12-16-17-13(21-12)22-7-10(20)15-8-5-4-6-9-11(8)19-23-18-9/h4-6H,7H2,1-3H3,(H,15,20). The second-order valence-electron chi connectivity index (χ2n) is 5.90. The van der Waals surface area contributed by atoms with Crippen LogP contribution in [0.2, 0.25) is 0 Å². The molecular weight excluding hydrogens is 334 g/mol. The van der Waals surface area contributed by atoms with Gasteiger partial charge >= 0.3 is 0 Å². The minimum Gasteiger partial charge on any atom is -0.415 e. The number of thioether (sulfide) groups is 1. The molecule has 0 spiro atoms. The Balaban J connectivity index is 1.62. The average Bonchev–Trinajstić information content (AvgIpc) is 3.14. The molecule has 1 amide bonds. The van der Waals surface area contributed by atoms with Crippen LogP contribution in [0.15, 0.2) is 27.8 Å². The lowest BCUT2D eigenvalue weighted by molar-refractivity contribution is -0.113. The van der Waals surface area contributed by atoms with Gasteiger partial charge in [-0.05, 0) is 12.1 Å². The lowest BCUT2D eigenvalue weighted by atomic mass is 9.97. The fraction of sp³-hybridized carbons (Fsp3) is 0.357. The third-order valence-corrected chi connectivity index (χ3v) is 4.30. The van der Waals surface area contributed by atoms with E-state index in [2.05, 4.69) is 24.3 Å². The van der Waals surface area contributed by atoms with E-state index >= 15 is 0 Å². The third-order valence-electron chi connectivity index (χ3n) is 2.93. The summed E-state index contributed by atoms with van der Waals surface area (Å²) >= 11 is 2.33. The predicted octanol–water partition coefficient (Wildman–Crippen LogP) is 3.10. The highest BCUT2D eigenvalue weighted by molar-refractivity contribution is 7.99. The summed E-state index contributed by atoms with van der Waals surface area (Å²) in [6.45, 7) is 5.97. The van der Waals surface area contributed by atoms with Crippen LogP contribution in [-0.4, -0.2) is 30.6 Å². The number of hydrogen-bond acceptors (Lipinski definition) is 8. The SMILES string of the molecule is CC(C)(C)c1nnc(SCC(=O)Nc2cccc3nsnc23)o1. The first-order valence-corrected chi connectivity index (χ1v) is 8.63. The van der Waals surface area contributed by atoms with Crippen LogP contribution in [0.4, 0.5) is 5.69 Å². The molecule has 0 atom stereocenters. The van der Waals surface area contributed by atoms with E-state index < -0.39 is 0 Å². The van der Waals surface area contributed by atoms with Gasteiger partial charge < -0.3 is 9.73 Å². The smallest absolute Gasteiger partial charge is 0.277 e. The Hall–Kier alpha value is -2.00. The van der Waals surface area contributed by atoms with E-state index in [-0.39, 0.29) is 17.1 Å². The summed E-state index contributed by atoms with van der Waals surface area (Å²) in [6, 6.07) is 5.49. The van der Waals surface area contributed by atoms with Crippen molar-refractivity contribution >= 4 is 46.1 Å². The van der Waals surface area contributed by atoms with Gasteiger partial charge in [-0.3, -0.25) is 4.79 Å². The van der Waals surface area contributed by atoms with E-state index in [0.717, 1.165) is 17.2 Å². The Bertz CT molecular complexity index is 837. The predicted molar refractivity (Wildman–Crippen MR) is 89.8 cm³/mol. The largest absolute Gasteiger partial charge is 0.415 e. The molecule has 0 aliphatic rings. The first-order chi connectivity index (χ1) is 10.9. The Kier molecular flexibility index (Phi) is 4.31. The number of aromatic nitrogens is 4. The fourth-order valence-corrected chi connectivity index (χ4v) is 2.90. The van der Waals surface area contributed by atoms with Crippen LogP contribution in [0, 0.1) is 0 Å². The molecule has 0 radical (unpaired) electrons. The molecule has 0 saturated carbocycles. The van der Waals surface area contributed by atoms with Crippen LogP contribution in [0.3, 0.4) is 0 Å². The highest BCUT2D eigenvalue weighted by Gasteiger charge is 2.22. The van der Waals surface area contributed by atoms with Crippen molar-refractivity contribution in [3.63, 3.8) is 0 Å². The number of fused-ring (bicyclic) bond motifs is 1. The normalized spacial score (nSPS) is 11.8. The van der Waals surface area contributed by atoms with Gasteiger partial charge in [-0.15, -0.1) is 10.2 Å². The van der Waals surface area contributed by atoms with E-state index in [9.17, 15) is 4.79 Å². The maximum Gasteiger partial charge on any atom is 0.277 e. The summed E-state index contributed by atoms with van der Waals surface area (Å²) in [7, 11) is 0. The summed E-state index contributed by atoms with van der Waals surface area (Å²) in [5.41, 5.74) is 1.92. The molecule has 120 valence electrons. The van der Waals surface area contributed by atoms with Crippen molar-refractivity contribution in [2.75, 3.05) is 11.1 Å². The molecule has 2 aromatic heterocycles. The van der Waals surface area contributed by atoms with Gasteiger partial charge in [0.1, 0.15) is 11.0 Å². The molecule has 3 rings (SSSR count). The summed E-state index contributed by atoms with van der Waals surface area (Å²) in [5, 5.41) is 11.2. The monoisotopic (exact) mass is 349 g/mol. The minimum atomic E-state index is -0.207. The molecule has 3 aromatic rings. The van der Waals surface area contributed by atoms with Crippen LogP contribution < -0.4 is 5.32 Å². The molecule has 9 heteroatoms. The molecule has 0 aliphatic carbocycles. The molecule has 2 heterocycles. The van der Waals surface area contributed by atoms with Gasteiger partial charge in [0, 0.05) is 5.41 Å². The number of nitrogens with one attached hydrogen (secondary N) is 1. The van der Waals surface area contributed by atoms with Crippen molar-refractivity contribution < 1.29 is 9.21 Å². The van der Waals surface area contributed by atoms with Gasteiger partial charge in [-0.1, -0.05) is 38.6 Å². The molecule has 0 bridgehead atoms. The van der Waals surface area contributed by atoms with Gasteiger partial charge in [0.25, 0.3) is 5.22 Å². The van der Waals surface area contributed by atoms with Gasteiger partial charge in [-0.2, -0.15) is 8.75 Å². The van der Waals surface area contributed by atoms with Crippen molar-refractivity contribution in [1.82, 2.24) is 18.9 Å². The molecule has 1 N–H and O–H groups in total. The molecular formula is C14H15N5O2S2. The number of carbonyl (C=O) groups is 1. The summed E-state index contributed by atoms with van der Waals surface area (Å²) in [6.07, 6.45) is 0. The van der Waals surface area contributed by atoms with Crippen LogP contribution in [-0.2, 0) is 10.2 Å². The molecule has 1 aromatic carbocycles. The van der Waals surface area contributed by atoms with Crippen LogP contribution in [0.1, 0.15) is 26.7 Å². The number of carbonyl (C=O) groups excluding carboxylic acids is 1. The maximum absolute atomic E-state index is 12.1. The number of amides is 1. The van der Waals surface area contributed by atoms with E-state index in [1.807, 2.05) is 32.9 Å². The lowest BCUT2D eigenvalue weighted by Crippen LogP contribution is -2.14. The highest BCUT2D eigenvalue weighted by Crippen LogP contribution is 2.25. The number of benzene rings is 1. The minimum absolute atomic E-state index is 0.161. The van der Waals surface area contributed by atoms with Crippen LogP contribution in [0.25, 0.3) is 11.0 Å². The molecule has 23 heavy (non-hydrogen) atoms.